The zero-order chi connectivity index (χ0) is 21.6. The first kappa shape index (κ1) is 25.2. The van der Waals surface area contributed by atoms with Crippen molar-refractivity contribution in [2.24, 2.45) is 5.73 Å². The van der Waals surface area contributed by atoms with E-state index in [9.17, 15) is 29.4 Å². The van der Waals surface area contributed by atoms with Gasteiger partial charge in [-0.1, -0.05) is 34.7 Å². The molecule has 10 nitrogen and oxygen atoms in total. The maximum atomic E-state index is 12.8. The van der Waals surface area contributed by atoms with Crippen LogP contribution in [0.2, 0.25) is 0 Å². The minimum atomic E-state index is -2.29. The first-order valence-electron chi connectivity index (χ1n) is 7.43. The monoisotopic (exact) mass is 731 g/mol. The average molecular weight is 731 g/mol. The number of halogens is 3. The predicted molar refractivity (Wildman–Crippen MR) is 123 cm³/mol. The fourth-order valence-electron chi connectivity index (χ4n) is 1.93. The third-order valence-corrected chi connectivity index (χ3v) is 7.81. The second kappa shape index (κ2) is 10.8. The number of carbonyl (C=O) groups is 4. The first-order chi connectivity index (χ1) is 12.9. The second-order valence-corrected chi connectivity index (χ2v) is 8.75. The van der Waals surface area contributed by atoms with Crippen molar-refractivity contribution >= 4 is 91.7 Å². The van der Waals surface area contributed by atoms with Gasteiger partial charge in [-0.25, -0.2) is 0 Å². The van der Waals surface area contributed by atoms with Crippen molar-refractivity contribution in [3.8, 4) is 0 Å². The van der Waals surface area contributed by atoms with Crippen LogP contribution >= 0.6 is 68.0 Å². The molecule has 0 aromatic heterocycles. The molecule has 3 unspecified atom stereocenters. The molecule has 0 spiro atoms. The molecule has 0 aliphatic rings. The summed E-state index contributed by atoms with van der Waals surface area (Å²) in [5, 5.41) is 23.0. The Labute approximate surface area is 201 Å². The standard InChI is InChI=1S/C15H16I3N3O7/c1-7(22)28-6-10(23)20-15(27,14(17)26)13(16)21(18)12(25)9-5-3-2-4-8(9)11(19)24/h2-5,13-14,26-27H,6H2,1H3,(H2,19,24)(H,20,23). The molecule has 13 heteroatoms. The van der Waals surface area contributed by atoms with Gasteiger partial charge in [-0.2, -0.15) is 0 Å². The summed E-state index contributed by atoms with van der Waals surface area (Å²) in [5.41, 5.74) is 2.96. The van der Waals surface area contributed by atoms with E-state index in [0.29, 0.717) is 0 Å². The summed E-state index contributed by atoms with van der Waals surface area (Å²) in [6.07, 6.45) is 0. The lowest BCUT2D eigenvalue weighted by atomic mass is 10.1. The molecule has 0 saturated heterocycles. The number of esters is 1. The fraction of sp³-hybridized carbons (Fsp3) is 0.333. The lowest BCUT2D eigenvalue weighted by Crippen LogP contribution is -2.64. The van der Waals surface area contributed by atoms with Crippen LogP contribution in [0.15, 0.2) is 24.3 Å². The summed E-state index contributed by atoms with van der Waals surface area (Å²) in [6, 6.07) is 5.83. The van der Waals surface area contributed by atoms with Crippen LogP contribution in [0.3, 0.4) is 0 Å². The molecule has 3 atom stereocenters. The first-order valence-corrected chi connectivity index (χ1v) is 10.9. The molecule has 0 saturated carbocycles. The van der Waals surface area contributed by atoms with E-state index in [4.69, 9.17) is 5.73 Å². The molecule has 28 heavy (non-hydrogen) atoms. The highest BCUT2D eigenvalue weighted by atomic mass is 127. The number of hydrogen-bond donors (Lipinski definition) is 4. The van der Waals surface area contributed by atoms with Gasteiger partial charge in [0.05, 0.1) is 34.0 Å². The second-order valence-electron chi connectivity index (χ2n) is 5.35. The molecule has 1 aromatic rings. The summed E-state index contributed by atoms with van der Waals surface area (Å²) < 4.78 is 2.83. The number of ether oxygens (including phenoxy) is 1. The quantitative estimate of drug-likeness (QED) is 0.0756. The molecule has 0 bridgehead atoms. The van der Waals surface area contributed by atoms with Gasteiger partial charge < -0.3 is 26.0 Å². The third kappa shape index (κ3) is 6.36. The largest absolute Gasteiger partial charge is 0.456 e. The van der Waals surface area contributed by atoms with Gasteiger partial charge in [0.2, 0.25) is 11.6 Å². The number of hydrogen-bond acceptors (Lipinski definition) is 7. The van der Waals surface area contributed by atoms with E-state index in [0.717, 1.165) is 10.0 Å². The number of primary amides is 1. The van der Waals surface area contributed by atoms with E-state index in [1.54, 1.807) is 45.5 Å². The van der Waals surface area contributed by atoms with Crippen LogP contribution in [0.1, 0.15) is 27.6 Å². The Morgan fingerprint density at radius 1 is 1.25 bits per heavy atom. The summed E-state index contributed by atoms with van der Waals surface area (Å²) in [7, 11) is 0. The highest BCUT2D eigenvalue weighted by Crippen LogP contribution is 2.31. The number of rotatable bonds is 8. The molecule has 1 rings (SSSR count). The molecule has 0 fully saturated rings. The number of alkyl halides is 2. The highest BCUT2D eigenvalue weighted by molar-refractivity contribution is 14.1. The summed E-state index contributed by atoms with van der Waals surface area (Å²) >= 11 is 4.70. The Morgan fingerprint density at radius 3 is 2.25 bits per heavy atom. The van der Waals surface area contributed by atoms with Crippen LogP contribution in [0.4, 0.5) is 0 Å². The van der Waals surface area contributed by atoms with E-state index < -0.39 is 44.2 Å². The fourth-order valence-corrected chi connectivity index (χ4v) is 4.55. The van der Waals surface area contributed by atoms with Gasteiger partial charge in [0, 0.05) is 6.92 Å². The summed E-state index contributed by atoms with van der Waals surface area (Å²) in [5.74, 6) is -3.07. The lowest BCUT2D eigenvalue weighted by molar-refractivity contribution is -0.150. The molecule has 0 aliphatic heterocycles. The number of aliphatic hydroxyl groups is 2. The van der Waals surface area contributed by atoms with Gasteiger partial charge in [0.1, 0.15) is 4.05 Å². The van der Waals surface area contributed by atoms with Gasteiger partial charge in [0.15, 0.2) is 10.7 Å². The Kier molecular flexibility index (Phi) is 9.77. The molecule has 0 radical (unpaired) electrons. The van der Waals surface area contributed by atoms with Gasteiger partial charge in [-0.15, -0.1) is 0 Å². The molecular weight excluding hydrogens is 715 g/mol. The van der Waals surface area contributed by atoms with Crippen molar-refractivity contribution in [3.63, 3.8) is 0 Å². The van der Waals surface area contributed by atoms with E-state index in [2.05, 4.69) is 10.1 Å². The van der Waals surface area contributed by atoms with Crippen LogP contribution in [-0.2, 0) is 14.3 Å². The van der Waals surface area contributed by atoms with Crippen molar-refractivity contribution in [2.75, 3.05) is 6.61 Å². The van der Waals surface area contributed by atoms with Crippen LogP contribution in [0.5, 0.6) is 0 Å². The summed E-state index contributed by atoms with van der Waals surface area (Å²) in [6.45, 7) is 0.430. The van der Waals surface area contributed by atoms with Gasteiger partial charge in [-0.3, -0.25) is 22.3 Å². The van der Waals surface area contributed by atoms with E-state index >= 15 is 0 Å². The topological polar surface area (TPSA) is 159 Å². The van der Waals surface area contributed by atoms with Crippen LogP contribution in [0.25, 0.3) is 0 Å². The van der Waals surface area contributed by atoms with E-state index in [1.807, 2.05) is 0 Å². The van der Waals surface area contributed by atoms with Crippen LogP contribution in [0, 0.1) is 0 Å². The van der Waals surface area contributed by atoms with Gasteiger partial charge in [0.25, 0.3) is 11.8 Å². The molecule has 0 heterocycles. The average Bonchev–Trinajstić information content (AvgIpc) is 2.64. The Morgan fingerprint density at radius 2 is 1.79 bits per heavy atom. The number of amides is 3. The molecule has 1 aromatic carbocycles. The number of nitrogens with two attached hydrogens (primary N) is 1. The Balaban J connectivity index is 3.11. The van der Waals surface area contributed by atoms with Gasteiger partial charge in [-0.05, 0) is 34.7 Å². The normalized spacial score (nSPS) is 14.9. The number of nitrogens with zero attached hydrogens (tertiary/aromatic N) is 1. The minimum Gasteiger partial charge on any atom is -0.456 e. The minimum absolute atomic E-state index is 0.0115. The zero-order valence-electron chi connectivity index (χ0n) is 14.3. The summed E-state index contributed by atoms with van der Waals surface area (Å²) in [4.78, 5) is 47.1. The number of benzene rings is 1. The number of aliphatic hydroxyl groups excluding tert-OH is 1. The van der Waals surface area contributed by atoms with Crippen LogP contribution in [-0.4, -0.2) is 57.5 Å². The van der Waals surface area contributed by atoms with Gasteiger partial charge >= 0.3 is 5.97 Å². The Bertz CT molecular complexity index is 777. The van der Waals surface area contributed by atoms with Crippen molar-refractivity contribution in [1.82, 2.24) is 8.43 Å². The van der Waals surface area contributed by atoms with Crippen molar-refractivity contribution < 1.29 is 34.1 Å². The van der Waals surface area contributed by atoms with E-state index in [-0.39, 0.29) is 11.1 Å². The molecular formula is C15H16I3N3O7. The number of carbonyl (C=O) groups excluding carboxylic acids is 4. The molecule has 3 amide bonds. The maximum absolute atomic E-state index is 12.8. The molecule has 5 N–H and O–H groups in total. The Hall–Kier alpha value is -0.790. The zero-order valence-corrected chi connectivity index (χ0v) is 20.7. The smallest absolute Gasteiger partial charge is 0.303 e. The van der Waals surface area contributed by atoms with Crippen LogP contribution < -0.4 is 11.1 Å². The van der Waals surface area contributed by atoms with E-state index in [1.165, 1.54) is 46.9 Å². The van der Waals surface area contributed by atoms with Crippen molar-refractivity contribution in [1.29, 1.82) is 0 Å². The SMILES string of the molecule is CC(=O)OCC(=O)NC(O)(C(O)I)C(I)N(I)C(=O)c1ccccc1C(N)=O. The third-order valence-electron chi connectivity index (χ3n) is 3.29. The van der Waals surface area contributed by atoms with Crippen molar-refractivity contribution in [2.45, 2.75) is 20.8 Å². The molecule has 0 aliphatic carbocycles. The lowest BCUT2D eigenvalue weighted by Gasteiger charge is -2.38. The predicted octanol–water partition coefficient (Wildman–Crippen LogP) is 0.460. The van der Waals surface area contributed by atoms with Crippen molar-refractivity contribution in [3.05, 3.63) is 35.4 Å². The highest BCUT2D eigenvalue weighted by Gasteiger charge is 2.47. The maximum Gasteiger partial charge on any atom is 0.303 e. The number of nitrogens with one attached hydrogen (secondary N) is 1. The molecule has 154 valence electrons.